The number of hydrogen-bond donors (Lipinski definition) is 2. The third kappa shape index (κ3) is 1.55. The zero-order chi connectivity index (χ0) is 7.40. The molecule has 0 spiro atoms. The van der Waals surface area contributed by atoms with Crippen molar-refractivity contribution in [1.29, 1.82) is 0 Å². The van der Waals surface area contributed by atoms with E-state index >= 15 is 0 Å². The van der Waals surface area contributed by atoms with Crippen LogP contribution in [0.15, 0.2) is 10.6 Å². The van der Waals surface area contributed by atoms with Gasteiger partial charge < -0.3 is 15.4 Å². The number of aliphatic hydroxyl groups excluding tert-OH is 1. The first-order chi connectivity index (χ1) is 4.86. The lowest BCUT2D eigenvalue weighted by molar-refractivity contribution is 0.293. The molecule has 0 bridgehead atoms. The highest BCUT2D eigenvalue weighted by Crippen LogP contribution is 2.01. The van der Waals surface area contributed by atoms with E-state index < -0.39 is 0 Å². The van der Waals surface area contributed by atoms with Crippen molar-refractivity contribution in [3.05, 3.63) is 17.5 Å². The van der Waals surface area contributed by atoms with Gasteiger partial charge in [0.05, 0.1) is 12.2 Å². The fraction of sp³-hybridized carbons (Fsp3) is 0.500. The summed E-state index contributed by atoms with van der Waals surface area (Å²) >= 11 is 0. The van der Waals surface area contributed by atoms with Crippen LogP contribution < -0.4 is 5.73 Å². The summed E-state index contributed by atoms with van der Waals surface area (Å²) in [6.45, 7) is 0.453. The van der Waals surface area contributed by atoms with E-state index in [9.17, 15) is 0 Å². The third-order valence-electron chi connectivity index (χ3n) is 1.18. The van der Waals surface area contributed by atoms with Crippen LogP contribution in [-0.2, 0) is 13.0 Å². The van der Waals surface area contributed by atoms with Crippen LogP contribution in [0.4, 0.5) is 0 Å². The van der Waals surface area contributed by atoms with Gasteiger partial charge in [-0.1, -0.05) is 5.16 Å². The summed E-state index contributed by atoms with van der Waals surface area (Å²) in [7, 11) is 0. The van der Waals surface area contributed by atoms with E-state index in [0.29, 0.717) is 18.7 Å². The van der Waals surface area contributed by atoms with Crippen molar-refractivity contribution in [2.24, 2.45) is 5.73 Å². The lowest BCUT2D eigenvalue weighted by atomic mass is 10.3. The highest BCUT2D eigenvalue weighted by molar-refractivity contribution is 5.04. The summed E-state index contributed by atoms with van der Waals surface area (Å²) < 4.78 is 4.78. The van der Waals surface area contributed by atoms with Crippen LogP contribution in [0.2, 0.25) is 0 Å². The number of aliphatic hydroxyl groups is 1. The van der Waals surface area contributed by atoms with E-state index in [1.165, 1.54) is 0 Å². The van der Waals surface area contributed by atoms with Gasteiger partial charge in [-0.2, -0.15) is 0 Å². The van der Waals surface area contributed by atoms with E-state index in [1.54, 1.807) is 6.07 Å². The van der Waals surface area contributed by atoms with Crippen molar-refractivity contribution in [3.8, 4) is 0 Å². The molecule has 0 radical (unpaired) electrons. The van der Waals surface area contributed by atoms with Crippen molar-refractivity contribution < 1.29 is 9.63 Å². The molecule has 3 N–H and O–H groups in total. The molecule has 0 fully saturated rings. The molecule has 0 amide bonds. The molecule has 1 aromatic heterocycles. The lowest BCUT2D eigenvalue weighted by Gasteiger charge is -1.83. The van der Waals surface area contributed by atoms with Crippen LogP contribution >= 0.6 is 0 Å². The number of hydrogen-bond acceptors (Lipinski definition) is 4. The Hall–Kier alpha value is -0.870. The van der Waals surface area contributed by atoms with E-state index in [-0.39, 0.29) is 6.61 Å². The van der Waals surface area contributed by atoms with Crippen LogP contribution in [0.25, 0.3) is 0 Å². The van der Waals surface area contributed by atoms with Gasteiger partial charge in [0.25, 0.3) is 0 Å². The largest absolute Gasteiger partial charge is 0.396 e. The first-order valence-electron chi connectivity index (χ1n) is 3.12. The van der Waals surface area contributed by atoms with Gasteiger partial charge in [-0.3, -0.25) is 0 Å². The Morgan fingerprint density at radius 3 is 3.00 bits per heavy atom. The second-order valence-electron chi connectivity index (χ2n) is 1.96. The highest BCUT2D eigenvalue weighted by Gasteiger charge is 1.99. The smallest absolute Gasteiger partial charge is 0.150 e. The monoisotopic (exact) mass is 142 g/mol. The van der Waals surface area contributed by atoms with Crippen LogP contribution in [0.3, 0.4) is 0 Å². The van der Waals surface area contributed by atoms with Gasteiger partial charge in [-0.25, -0.2) is 0 Å². The van der Waals surface area contributed by atoms with Crippen molar-refractivity contribution >= 4 is 0 Å². The van der Waals surface area contributed by atoms with Crippen molar-refractivity contribution in [3.63, 3.8) is 0 Å². The SMILES string of the molecule is NCc1cc(CCO)no1. The van der Waals surface area contributed by atoms with E-state index in [2.05, 4.69) is 5.16 Å². The second-order valence-corrected chi connectivity index (χ2v) is 1.96. The standard InChI is InChI=1S/C6H10N2O2/c7-4-6-3-5(1-2-9)8-10-6/h3,9H,1-2,4,7H2. The molecule has 4 nitrogen and oxygen atoms in total. The molecule has 0 saturated heterocycles. The van der Waals surface area contributed by atoms with Gasteiger partial charge in [0.1, 0.15) is 0 Å². The van der Waals surface area contributed by atoms with Crippen molar-refractivity contribution in [2.45, 2.75) is 13.0 Å². The molecule has 1 heterocycles. The number of aromatic nitrogens is 1. The molecule has 4 heteroatoms. The molecule has 1 rings (SSSR count). The summed E-state index contributed by atoms with van der Waals surface area (Å²) in [6, 6.07) is 1.75. The summed E-state index contributed by atoms with van der Waals surface area (Å²) in [5.41, 5.74) is 6.02. The first kappa shape index (κ1) is 7.24. The minimum Gasteiger partial charge on any atom is -0.396 e. The number of nitrogens with two attached hydrogens (primary N) is 1. The lowest BCUT2D eigenvalue weighted by Crippen LogP contribution is -1.93. The van der Waals surface area contributed by atoms with Crippen molar-refractivity contribution in [2.75, 3.05) is 6.61 Å². The fourth-order valence-corrected chi connectivity index (χ4v) is 0.684. The maximum atomic E-state index is 8.49. The first-order valence-corrected chi connectivity index (χ1v) is 3.12. The van der Waals surface area contributed by atoms with E-state index in [1.807, 2.05) is 0 Å². The zero-order valence-corrected chi connectivity index (χ0v) is 5.58. The molecule has 56 valence electrons. The van der Waals surface area contributed by atoms with Gasteiger partial charge in [-0.15, -0.1) is 0 Å². The normalized spacial score (nSPS) is 10.2. The molecule has 0 atom stereocenters. The molecular formula is C6H10N2O2. The minimum absolute atomic E-state index is 0.0938. The summed E-state index contributed by atoms with van der Waals surface area (Å²) in [5.74, 6) is 0.656. The summed E-state index contributed by atoms with van der Waals surface area (Å²) in [4.78, 5) is 0. The molecule has 0 aromatic carbocycles. The topological polar surface area (TPSA) is 72.3 Å². The zero-order valence-electron chi connectivity index (χ0n) is 5.58. The molecule has 0 aliphatic carbocycles. The molecule has 1 aromatic rings. The molecule has 10 heavy (non-hydrogen) atoms. The third-order valence-corrected chi connectivity index (χ3v) is 1.18. The highest BCUT2D eigenvalue weighted by atomic mass is 16.5. The van der Waals surface area contributed by atoms with Crippen molar-refractivity contribution in [1.82, 2.24) is 5.16 Å². The van der Waals surface area contributed by atoms with Gasteiger partial charge in [0, 0.05) is 19.1 Å². The Labute approximate surface area is 58.6 Å². The van der Waals surface area contributed by atoms with Gasteiger partial charge in [-0.05, 0) is 0 Å². The fourth-order valence-electron chi connectivity index (χ4n) is 0.684. The minimum atomic E-state index is 0.0938. The molecule has 0 unspecified atom stereocenters. The van der Waals surface area contributed by atoms with Gasteiger partial charge in [0.2, 0.25) is 0 Å². The maximum absolute atomic E-state index is 8.49. The predicted molar refractivity (Wildman–Crippen MR) is 35.2 cm³/mol. The Bertz CT molecular complexity index is 197. The van der Waals surface area contributed by atoms with Gasteiger partial charge >= 0.3 is 0 Å². The second kappa shape index (κ2) is 3.34. The number of nitrogens with zero attached hydrogens (tertiary/aromatic N) is 1. The Balaban J connectivity index is 2.59. The molecule has 0 aliphatic heterocycles. The summed E-state index contributed by atoms with van der Waals surface area (Å²) in [5, 5.41) is 12.2. The molecule has 0 aliphatic rings. The summed E-state index contributed by atoms with van der Waals surface area (Å²) in [6.07, 6.45) is 0.531. The average molecular weight is 142 g/mol. The quantitative estimate of drug-likeness (QED) is 0.606. The molecule has 0 saturated carbocycles. The Kier molecular flexibility index (Phi) is 2.42. The van der Waals surface area contributed by atoms with Crippen LogP contribution in [-0.4, -0.2) is 16.9 Å². The van der Waals surface area contributed by atoms with Gasteiger partial charge in [0.15, 0.2) is 5.76 Å². The van der Waals surface area contributed by atoms with Crippen LogP contribution in [0.5, 0.6) is 0 Å². The maximum Gasteiger partial charge on any atom is 0.150 e. The predicted octanol–water partition coefficient (Wildman–Crippen LogP) is -0.332. The average Bonchev–Trinajstić information content (AvgIpc) is 2.37. The Morgan fingerprint density at radius 2 is 2.50 bits per heavy atom. The van der Waals surface area contributed by atoms with E-state index in [0.717, 1.165) is 5.69 Å². The Morgan fingerprint density at radius 1 is 1.70 bits per heavy atom. The molecular weight excluding hydrogens is 132 g/mol. The van der Waals surface area contributed by atoms with E-state index in [4.69, 9.17) is 15.4 Å². The van der Waals surface area contributed by atoms with Crippen LogP contribution in [0.1, 0.15) is 11.5 Å². The van der Waals surface area contributed by atoms with Crippen LogP contribution in [0, 0.1) is 0 Å². The number of rotatable bonds is 3.